The lowest BCUT2D eigenvalue weighted by molar-refractivity contribution is -0.129. The van der Waals surface area contributed by atoms with Gasteiger partial charge in [-0.2, -0.15) is 0 Å². The molecule has 114 valence electrons. The third kappa shape index (κ3) is 4.09. The van der Waals surface area contributed by atoms with Crippen LogP contribution in [0.25, 0.3) is 0 Å². The molecule has 0 unspecified atom stereocenters. The summed E-state index contributed by atoms with van der Waals surface area (Å²) in [6.45, 7) is 0.916. The van der Waals surface area contributed by atoms with E-state index in [1.54, 1.807) is 18.2 Å². The Morgan fingerprint density at radius 1 is 1.38 bits per heavy atom. The summed E-state index contributed by atoms with van der Waals surface area (Å²) in [7, 11) is 0. The Bertz CT molecular complexity index is 525. The molecule has 0 spiro atoms. The summed E-state index contributed by atoms with van der Waals surface area (Å²) in [5, 5.41) is 3.53. The fraction of sp³-hybridized carbons (Fsp3) is 0.429. The normalized spacial score (nSPS) is 19.2. The number of hydrogen-bond acceptors (Lipinski definition) is 3. The molecule has 1 aliphatic heterocycles. The van der Waals surface area contributed by atoms with Crippen LogP contribution in [0.3, 0.4) is 0 Å². The zero-order chi connectivity index (χ0) is 15.4. The summed E-state index contributed by atoms with van der Waals surface area (Å²) in [6.07, 6.45) is 0.803. The summed E-state index contributed by atoms with van der Waals surface area (Å²) in [6, 6.07) is 4.21. The van der Waals surface area contributed by atoms with Crippen LogP contribution in [0.1, 0.15) is 12.0 Å². The second-order valence-electron chi connectivity index (χ2n) is 4.93. The first-order valence-corrected chi connectivity index (χ1v) is 7.35. The molecular weight excluding hydrogens is 315 g/mol. The Kier molecular flexibility index (Phi) is 5.45. The maximum absolute atomic E-state index is 12.1. The quantitative estimate of drug-likeness (QED) is 0.859. The van der Waals surface area contributed by atoms with Gasteiger partial charge in [-0.1, -0.05) is 29.3 Å². The third-order valence-corrected chi connectivity index (χ3v) is 4.14. The maximum atomic E-state index is 12.1. The van der Waals surface area contributed by atoms with Crippen molar-refractivity contribution in [1.29, 1.82) is 0 Å². The van der Waals surface area contributed by atoms with Crippen molar-refractivity contribution in [3.63, 3.8) is 0 Å². The number of nitrogens with two attached hydrogens (primary N) is 1. The van der Waals surface area contributed by atoms with Gasteiger partial charge in [0.15, 0.2) is 0 Å². The van der Waals surface area contributed by atoms with Crippen molar-refractivity contribution in [2.24, 2.45) is 11.7 Å². The number of carbonyl (C=O) groups excluding carboxylic acids is 2. The smallest absolute Gasteiger partial charge is 0.240 e. The first-order valence-electron chi connectivity index (χ1n) is 6.59. The third-order valence-electron chi connectivity index (χ3n) is 3.43. The van der Waals surface area contributed by atoms with Gasteiger partial charge in [-0.05, 0) is 24.1 Å². The van der Waals surface area contributed by atoms with Crippen LogP contribution in [0.4, 0.5) is 0 Å². The lowest BCUT2D eigenvalue weighted by Gasteiger charge is -2.19. The predicted octanol–water partition coefficient (Wildman–Crippen LogP) is 1.54. The minimum atomic E-state index is -0.851. The minimum Gasteiger partial charge on any atom is -0.381 e. The van der Waals surface area contributed by atoms with Crippen LogP contribution >= 0.6 is 23.2 Å². The molecular formula is C14H16Cl2N2O3. The van der Waals surface area contributed by atoms with Crippen molar-refractivity contribution in [3.05, 3.63) is 33.8 Å². The summed E-state index contributed by atoms with van der Waals surface area (Å²) >= 11 is 12.1. The molecule has 0 radical (unpaired) electrons. The monoisotopic (exact) mass is 330 g/mol. The van der Waals surface area contributed by atoms with Gasteiger partial charge in [0.05, 0.1) is 12.5 Å². The van der Waals surface area contributed by atoms with Crippen LogP contribution in [-0.4, -0.2) is 31.1 Å². The van der Waals surface area contributed by atoms with Crippen molar-refractivity contribution in [3.8, 4) is 0 Å². The average Bonchev–Trinajstić information content (AvgIpc) is 2.95. The number of rotatable bonds is 5. The number of hydrogen-bond donors (Lipinski definition) is 2. The van der Waals surface area contributed by atoms with Gasteiger partial charge in [-0.15, -0.1) is 0 Å². The highest BCUT2D eigenvalue weighted by atomic mass is 35.5. The van der Waals surface area contributed by atoms with Crippen LogP contribution in [-0.2, 0) is 20.7 Å². The van der Waals surface area contributed by atoms with Gasteiger partial charge in [0.1, 0.15) is 6.04 Å². The van der Waals surface area contributed by atoms with E-state index in [9.17, 15) is 9.59 Å². The second-order valence-corrected chi connectivity index (χ2v) is 5.74. The van der Waals surface area contributed by atoms with E-state index >= 15 is 0 Å². The van der Waals surface area contributed by atoms with Crippen LogP contribution < -0.4 is 11.1 Å². The van der Waals surface area contributed by atoms with E-state index in [0.29, 0.717) is 35.2 Å². The molecule has 1 fully saturated rings. The molecule has 0 saturated carbocycles. The fourth-order valence-corrected chi connectivity index (χ4v) is 2.74. The number of primary amides is 1. The van der Waals surface area contributed by atoms with Gasteiger partial charge in [0.2, 0.25) is 11.8 Å². The molecule has 1 aliphatic rings. The van der Waals surface area contributed by atoms with Crippen molar-refractivity contribution in [2.75, 3.05) is 13.2 Å². The average molecular weight is 331 g/mol. The number of halogens is 2. The zero-order valence-electron chi connectivity index (χ0n) is 11.3. The van der Waals surface area contributed by atoms with Crippen LogP contribution in [0.5, 0.6) is 0 Å². The molecule has 1 aromatic rings. The van der Waals surface area contributed by atoms with Crippen molar-refractivity contribution in [2.45, 2.75) is 18.9 Å². The van der Waals surface area contributed by atoms with Gasteiger partial charge in [-0.25, -0.2) is 0 Å². The highest BCUT2D eigenvalue weighted by Gasteiger charge is 2.28. The topological polar surface area (TPSA) is 81.4 Å². The Labute approximate surface area is 132 Å². The highest BCUT2D eigenvalue weighted by Crippen LogP contribution is 2.25. The number of amides is 2. The highest BCUT2D eigenvalue weighted by molar-refractivity contribution is 6.36. The lowest BCUT2D eigenvalue weighted by atomic mass is 10.0. The fourth-order valence-electron chi connectivity index (χ4n) is 2.19. The van der Waals surface area contributed by atoms with Gasteiger partial charge >= 0.3 is 0 Å². The Balaban J connectivity index is 2.09. The van der Waals surface area contributed by atoms with Gasteiger partial charge in [-0.3, -0.25) is 9.59 Å². The number of nitrogens with one attached hydrogen (secondary N) is 1. The number of ether oxygens (including phenoxy) is 1. The number of benzene rings is 1. The molecule has 2 rings (SSSR count). The van der Waals surface area contributed by atoms with Gasteiger partial charge < -0.3 is 15.8 Å². The van der Waals surface area contributed by atoms with Crippen LogP contribution in [0.15, 0.2) is 18.2 Å². The van der Waals surface area contributed by atoms with Crippen molar-refractivity contribution >= 4 is 35.0 Å². The molecule has 1 heterocycles. The van der Waals surface area contributed by atoms with Crippen molar-refractivity contribution in [1.82, 2.24) is 5.32 Å². The second kappa shape index (κ2) is 7.11. The molecule has 1 saturated heterocycles. The van der Waals surface area contributed by atoms with E-state index in [2.05, 4.69) is 5.32 Å². The molecule has 5 nitrogen and oxygen atoms in total. The predicted molar refractivity (Wildman–Crippen MR) is 80.2 cm³/mol. The van der Waals surface area contributed by atoms with E-state index in [1.165, 1.54) is 0 Å². The van der Waals surface area contributed by atoms with E-state index in [1.807, 2.05) is 0 Å². The lowest BCUT2D eigenvalue weighted by Crippen LogP contribution is -2.48. The molecule has 3 N–H and O–H groups in total. The first-order chi connectivity index (χ1) is 9.99. The Morgan fingerprint density at radius 3 is 2.57 bits per heavy atom. The summed E-state index contributed by atoms with van der Waals surface area (Å²) in [5.41, 5.74) is 5.95. The summed E-state index contributed by atoms with van der Waals surface area (Å²) in [5.74, 6) is -1.11. The van der Waals surface area contributed by atoms with Crippen molar-refractivity contribution < 1.29 is 14.3 Å². The SMILES string of the molecule is NC(=O)[C@@H](Cc1c(Cl)cccc1Cl)NC(=O)[C@@H]1CCOC1. The molecule has 0 aromatic heterocycles. The van der Waals surface area contributed by atoms with Gasteiger partial charge in [0, 0.05) is 23.1 Å². The van der Waals surface area contributed by atoms with E-state index in [4.69, 9.17) is 33.7 Å². The van der Waals surface area contributed by atoms with E-state index in [-0.39, 0.29) is 18.2 Å². The molecule has 0 aliphatic carbocycles. The molecule has 7 heteroatoms. The maximum Gasteiger partial charge on any atom is 0.240 e. The Hall–Kier alpha value is -1.30. The van der Waals surface area contributed by atoms with Crippen LogP contribution in [0, 0.1) is 5.92 Å². The number of carbonyl (C=O) groups is 2. The minimum absolute atomic E-state index is 0.160. The molecule has 1 aromatic carbocycles. The summed E-state index contributed by atoms with van der Waals surface area (Å²) < 4.78 is 5.16. The molecule has 21 heavy (non-hydrogen) atoms. The van der Waals surface area contributed by atoms with E-state index < -0.39 is 11.9 Å². The molecule has 2 amide bonds. The first kappa shape index (κ1) is 16.1. The standard InChI is InChI=1S/C14H16Cl2N2O3/c15-10-2-1-3-11(16)9(10)6-12(13(17)19)18-14(20)8-4-5-21-7-8/h1-3,8,12H,4-7H2,(H2,17,19)(H,18,20)/t8-,12-/m1/s1. The van der Waals surface area contributed by atoms with Gasteiger partial charge in [0.25, 0.3) is 0 Å². The zero-order valence-corrected chi connectivity index (χ0v) is 12.8. The van der Waals surface area contributed by atoms with Crippen LogP contribution in [0.2, 0.25) is 10.0 Å². The molecule has 0 bridgehead atoms. The Morgan fingerprint density at radius 2 is 2.05 bits per heavy atom. The summed E-state index contributed by atoms with van der Waals surface area (Å²) in [4.78, 5) is 23.6. The largest absolute Gasteiger partial charge is 0.381 e. The molecule has 2 atom stereocenters. The van der Waals surface area contributed by atoms with E-state index in [0.717, 1.165) is 0 Å².